The zero-order valence-electron chi connectivity index (χ0n) is 21.4. The molecule has 31 heavy (non-hydrogen) atoms. The van der Waals surface area contributed by atoms with Crippen molar-refractivity contribution in [3.05, 3.63) is 0 Å². The smallest absolute Gasteiger partial charge is 0.416 e. The summed E-state index contributed by atoms with van der Waals surface area (Å²) in [6, 6.07) is 0. The van der Waals surface area contributed by atoms with Crippen LogP contribution in [0.5, 0.6) is 0 Å². The molecule has 1 unspecified atom stereocenters. The molecule has 1 rings (SSSR count). The molecule has 186 valence electrons. The van der Waals surface area contributed by atoms with Gasteiger partial charge in [-0.05, 0) is 26.2 Å². The highest BCUT2D eigenvalue weighted by Gasteiger charge is 2.65. The van der Waals surface area contributed by atoms with E-state index in [2.05, 4.69) is 0 Å². The first-order valence-electron chi connectivity index (χ1n) is 11.4. The molecule has 0 aromatic carbocycles. The van der Waals surface area contributed by atoms with Gasteiger partial charge in [0, 0.05) is 45.8 Å². The molecule has 1 saturated heterocycles. The Hall–Kier alpha value is 0.468. The van der Waals surface area contributed by atoms with Crippen LogP contribution in [0.15, 0.2) is 0 Å². The van der Waals surface area contributed by atoms with Crippen LogP contribution in [0, 0.1) is 0 Å². The number of hydrogen-bond acceptors (Lipinski definition) is 10. The lowest BCUT2D eigenvalue weighted by molar-refractivity contribution is -0.207. The average molecular weight is 516 g/mol. The third kappa shape index (κ3) is 9.32. The molecule has 14 heteroatoms. The fraction of sp³-hybridized carbons (Fsp3) is 1.00. The van der Waals surface area contributed by atoms with Crippen molar-refractivity contribution in [1.29, 1.82) is 0 Å². The van der Waals surface area contributed by atoms with E-state index in [1.54, 1.807) is 10.1 Å². The van der Waals surface area contributed by atoms with E-state index in [9.17, 15) is 0 Å². The van der Waals surface area contributed by atoms with E-state index in [0.29, 0.717) is 39.3 Å². The van der Waals surface area contributed by atoms with E-state index < -0.39 is 35.0 Å². The minimum Gasteiger partial charge on any atom is -0.416 e. The van der Waals surface area contributed by atoms with E-state index in [0.717, 1.165) is 0 Å². The van der Waals surface area contributed by atoms with Crippen molar-refractivity contribution < 1.29 is 30.0 Å². The first kappa shape index (κ1) is 29.5. The molecule has 0 aromatic rings. The van der Waals surface area contributed by atoms with Crippen LogP contribution in [-0.2, 0) is 30.0 Å². The van der Waals surface area contributed by atoms with Crippen molar-refractivity contribution >= 4 is 35.0 Å². The van der Waals surface area contributed by atoms with E-state index in [4.69, 9.17) is 30.0 Å². The zero-order valence-corrected chi connectivity index (χ0v) is 25.4. The number of hydrogen-bond donors (Lipinski definition) is 0. The summed E-state index contributed by atoms with van der Waals surface area (Å²) in [5, 5.41) is 5.40. The monoisotopic (exact) mass is 515 g/mol. The standard InChI is InChI=1S/C17H45N3O7Si4/c1-12-18(13-2)21-30(11)25-28(7,8)24-29(9,10)26-31(27-30,22-19(14-3)15-4)23-20(16-5)17-6/h12-17H2,1-11H3. The second-order valence-corrected chi connectivity index (χ2v) is 20.3. The summed E-state index contributed by atoms with van der Waals surface area (Å²) in [6.07, 6.45) is 0. The van der Waals surface area contributed by atoms with Crippen LogP contribution >= 0.6 is 0 Å². The third-order valence-electron chi connectivity index (χ3n) is 4.50. The summed E-state index contributed by atoms with van der Waals surface area (Å²) in [4.78, 5) is 0. The first-order valence-corrected chi connectivity index (χ1v) is 20.9. The van der Waals surface area contributed by atoms with Gasteiger partial charge in [-0.1, -0.05) is 41.5 Å². The van der Waals surface area contributed by atoms with Crippen LogP contribution in [0.25, 0.3) is 0 Å². The normalized spacial score (nSPS) is 25.7. The minimum absolute atomic E-state index is 0.651. The molecule has 0 amide bonds. The largest absolute Gasteiger partial charge is 0.698 e. The number of rotatable bonds is 12. The predicted molar refractivity (Wildman–Crippen MR) is 129 cm³/mol. The van der Waals surface area contributed by atoms with Gasteiger partial charge in [-0.2, -0.15) is 15.2 Å². The van der Waals surface area contributed by atoms with Crippen LogP contribution in [0.3, 0.4) is 0 Å². The maximum Gasteiger partial charge on any atom is 0.698 e. The molecule has 1 fully saturated rings. The Bertz CT molecular complexity index is 524. The molecule has 0 aliphatic carbocycles. The van der Waals surface area contributed by atoms with Crippen LogP contribution in [-0.4, -0.2) is 89.4 Å². The van der Waals surface area contributed by atoms with Crippen molar-refractivity contribution in [3.8, 4) is 0 Å². The summed E-state index contributed by atoms with van der Waals surface area (Å²) in [6.45, 7) is 25.9. The minimum atomic E-state index is -3.81. The van der Waals surface area contributed by atoms with E-state index in [1.807, 2.05) is 79.3 Å². The van der Waals surface area contributed by atoms with Gasteiger partial charge in [-0.3, -0.25) is 13.6 Å². The van der Waals surface area contributed by atoms with Gasteiger partial charge < -0.3 is 16.5 Å². The molecule has 0 bridgehead atoms. The van der Waals surface area contributed by atoms with E-state index in [-0.39, 0.29) is 0 Å². The Morgan fingerprint density at radius 1 is 0.484 bits per heavy atom. The fourth-order valence-corrected chi connectivity index (χ4v) is 20.9. The van der Waals surface area contributed by atoms with Crippen LogP contribution in [0.1, 0.15) is 41.5 Å². The van der Waals surface area contributed by atoms with Crippen molar-refractivity contribution in [1.82, 2.24) is 15.2 Å². The lowest BCUT2D eigenvalue weighted by Crippen LogP contribution is -2.72. The molecule has 1 heterocycles. The maximum absolute atomic E-state index is 6.67. The highest BCUT2D eigenvalue weighted by atomic mass is 28.5. The maximum atomic E-state index is 6.67. The molecule has 0 aromatic heterocycles. The van der Waals surface area contributed by atoms with Gasteiger partial charge in [-0.25, -0.2) is 0 Å². The average Bonchev–Trinajstić information content (AvgIpc) is 2.65. The summed E-state index contributed by atoms with van der Waals surface area (Å²) in [5.41, 5.74) is 0. The SMILES string of the molecule is CCN(CC)O[Si]1(C)O[Si](C)(C)O[Si](C)(C)O[Si](ON(CC)CC)(ON(CC)CC)O1. The highest BCUT2D eigenvalue weighted by molar-refractivity contribution is 6.89. The van der Waals surface area contributed by atoms with Crippen molar-refractivity contribution in [3.63, 3.8) is 0 Å². The van der Waals surface area contributed by atoms with Crippen molar-refractivity contribution in [2.45, 2.75) is 74.3 Å². The lowest BCUT2D eigenvalue weighted by atomic mass is 10.6. The molecule has 10 nitrogen and oxygen atoms in total. The lowest BCUT2D eigenvalue weighted by Gasteiger charge is -2.48. The third-order valence-corrected chi connectivity index (χ3v) is 18.9. The molecule has 0 N–H and O–H groups in total. The Morgan fingerprint density at radius 2 is 0.839 bits per heavy atom. The second-order valence-electron chi connectivity index (χ2n) is 8.19. The van der Waals surface area contributed by atoms with Crippen LogP contribution in [0.2, 0.25) is 32.7 Å². The van der Waals surface area contributed by atoms with Gasteiger partial charge in [0.25, 0.3) is 0 Å². The Kier molecular flexibility index (Phi) is 11.7. The summed E-state index contributed by atoms with van der Waals surface area (Å²) in [5.74, 6) is 0. The van der Waals surface area contributed by atoms with Gasteiger partial charge in [0.2, 0.25) is 0 Å². The van der Waals surface area contributed by atoms with Crippen LogP contribution < -0.4 is 0 Å². The second kappa shape index (κ2) is 12.3. The summed E-state index contributed by atoms with van der Waals surface area (Å²) < 4.78 is 45.4. The molecule has 0 radical (unpaired) electrons. The molecule has 1 aliphatic rings. The summed E-state index contributed by atoms with van der Waals surface area (Å²) in [7, 11) is -12.5. The zero-order chi connectivity index (χ0) is 23.9. The highest BCUT2D eigenvalue weighted by Crippen LogP contribution is 2.33. The Labute approximate surface area is 193 Å². The van der Waals surface area contributed by atoms with E-state index in [1.165, 1.54) is 0 Å². The van der Waals surface area contributed by atoms with Gasteiger partial charge in [0.15, 0.2) is 0 Å². The Morgan fingerprint density at radius 3 is 1.23 bits per heavy atom. The first-order chi connectivity index (χ1) is 14.3. The van der Waals surface area contributed by atoms with Crippen molar-refractivity contribution in [2.75, 3.05) is 39.3 Å². The number of nitrogens with zero attached hydrogens (tertiary/aromatic N) is 3. The van der Waals surface area contributed by atoms with Gasteiger partial charge in [0.05, 0.1) is 0 Å². The molecule has 1 atom stereocenters. The van der Waals surface area contributed by atoms with Crippen molar-refractivity contribution in [2.24, 2.45) is 0 Å². The quantitative estimate of drug-likeness (QED) is 0.285. The molecular formula is C17H45N3O7Si4. The van der Waals surface area contributed by atoms with E-state index >= 15 is 0 Å². The van der Waals surface area contributed by atoms with Crippen LogP contribution in [0.4, 0.5) is 0 Å². The molecule has 1 aliphatic heterocycles. The Balaban J connectivity index is 3.51. The number of hydroxylamine groups is 6. The topological polar surface area (TPSA) is 74.3 Å². The van der Waals surface area contributed by atoms with Gasteiger partial charge in [0.1, 0.15) is 0 Å². The molecule has 0 saturated carbocycles. The molecule has 0 spiro atoms. The summed E-state index contributed by atoms with van der Waals surface area (Å²) >= 11 is 0. The van der Waals surface area contributed by atoms with Gasteiger partial charge in [-0.15, -0.1) is 0 Å². The fourth-order valence-electron chi connectivity index (χ4n) is 3.39. The van der Waals surface area contributed by atoms with Gasteiger partial charge >= 0.3 is 35.0 Å². The molecular weight excluding hydrogens is 471 g/mol. The predicted octanol–water partition coefficient (Wildman–Crippen LogP) is 3.29.